The summed E-state index contributed by atoms with van der Waals surface area (Å²) in [4.78, 5) is 24.0. The van der Waals surface area contributed by atoms with Crippen LogP contribution in [-0.4, -0.2) is 23.0 Å². The molecule has 4 nitrogen and oxygen atoms in total. The van der Waals surface area contributed by atoms with Gasteiger partial charge in [-0.1, -0.05) is 42.5 Å². The van der Waals surface area contributed by atoms with Crippen LogP contribution in [0.15, 0.2) is 66.7 Å². The zero-order chi connectivity index (χ0) is 17.8. The first-order chi connectivity index (χ1) is 12.0. The molecule has 0 fully saturated rings. The number of amides is 1. The molecule has 25 heavy (non-hydrogen) atoms. The zero-order valence-corrected chi connectivity index (χ0v) is 15.4. The van der Waals surface area contributed by atoms with E-state index in [0.717, 1.165) is 19.9 Å². The summed E-state index contributed by atoms with van der Waals surface area (Å²) in [6, 6.07) is 19.7. The van der Waals surface area contributed by atoms with E-state index in [0.29, 0.717) is 5.56 Å². The van der Waals surface area contributed by atoms with Crippen molar-refractivity contribution >= 4 is 45.2 Å². The van der Waals surface area contributed by atoms with Crippen LogP contribution in [0.4, 0.5) is 0 Å². The molecule has 0 saturated carbocycles. The van der Waals surface area contributed by atoms with Crippen LogP contribution in [0.2, 0.25) is 0 Å². The second-order valence-corrected chi connectivity index (χ2v) is 7.01. The van der Waals surface area contributed by atoms with Crippen LogP contribution in [0.3, 0.4) is 0 Å². The van der Waals surface area contributed by atoms with Gasteiger partial charge < -0.3 is 10.4 Å². The summed E-state index contributed by atoms with van der Waals surface area (Å²) in [6.45, 7) is 0. The number of aliphatic carboxylic acids is 1. The lowest BCUT2D eigenvalue weighted by Crippen LogP contribution is -2.42. The SMILES string of the molecule is O=C(N[C@@H](Cc1cccc(I)c1)C(=O)O)c1ccc2ccccc2c1. The fourth-order valence-electron chi connectivity index (χ4n) is 2.67. The van der Waals surface area contributed by atoms with Crippen molar-refractivity contribution in [2.24, 2.45) is 0 Å². The van der Waals surface area contributed by atoms with Gasteiger partial charge in [0.1, 0.15) is 6.04 Å². The molecule has 0 bridgehead atoms. The van der Waals surface area contributed by atoms with E-state index in [1.807, 2.05) is 54.6 Å². The van der Waals surface area contributed by atoms with Gasteiger partial charge in [-0.05, 0) is 63.2 Å². The van der Waals surface area contributed by atoms with Crippen LogP contribution in [-0.2, 0) is 11.2 Å². The van der Waals surface area contributed by atoms with Gasteiger partial charge in [-0.25, -0.2) is 4.79 Å². The molecule has 0 aliphatic rings. The lowest BCUT2D eigenvalue weighted by atomic mass is 10.0. The van der Waals surface area contributed by atoms with Crippen LogP contribution in [0.5, 0.6) is 0 Å². The quantitative estimate of drug-likeness (QED) is 0.587. The summed E-state index contributed by atoms with van der Waals surface area (Å²) in [5.74, 6) is -1.43. The molecule has 126 valence electrons. The molecule has 1 atom stereocenters. The molecule has 0 heterocycles. The molecule has 0 spiro atoms. The van der Waals surface area contributed by atoms with Crippen molar-refractivity contribution in [2.45, 2.75) is 12.5 Å². The van der Waals surface area contributed by atoms with Crippen LogP contribution in [0, 0.1) is 3.57 Å². The number of fused-ring (bicyclic) bond motifs is 1. The molecule has 1 amide bonds. The zero-order valence-electron chi connectivity index (χ0n) is 13.3. The molecule has 3 aromatic carbocycles. The maximum atomic E-state index is 12.5. The van der Waals surface area contributed by atoms with Gasteiger partial charge >= 0.3 is 5.97 Å². The van der Waals surface area contributed by atoms with Crippen LogP contribution in [0.25, 0.3) is 10.8 Å². The largest absolute Gasteiger partial charge is 0.480 e. The van der Waals surface area contributed by atoms with Gasteiger partial charge in [-0.3, -0.25) is 4.79 Å². The lowest BCUT2D eigenvalue weighted by Gasteiger charge is -2.15. The maximum absolute atomic E-state index is 12.5. The van der Waals surface area contributed by atoms with Gasteiger partial charge in [-0.2, -0.15) is 0 Å². The Balaban J connectivity index is 1.78. The van der Waals surface area contributed by atoms with E-state index < -0.39 is 12.0 Å². The van der Waals surface area contributed by atoms with E-state index in [2.05, 4.69) is 27.9 Å². The van der Waals surface area contributed by atoms with E-state index in [4.69, 9.17) is 0 Å². The summed E-state index contributed by atoms with van der Waals surface area (Å²) < 4.78 is 1.03. The van der Waals surface area contributed by atoms with Crippen LogP contribution >= 0.6 is 22.6 Å². The number of carboxylic acids is 1. The second-order valence-electron chi connectivity index (χ2n) is 5.76. The first-order valence-corrected chi connectivity index (χ1v) is 8.88. The Hall–Kier alpha value is -2.41. The highest BCUT2D eigenvalue weighted by Crippen LogP contribution is 2.16. The van der Waals surface area contributed by atoms with Gasteiger partial charge in [0.25, 0.3) is 5.91 Å². The Labute approximate surface area is 159 Å². The molecular weight excluding hydrogens is 429 g/mol. The molecule has 0 saturated heterocycles. The minimum absolute atomic E-state index is 0.242. The number of nitrogens with one attached hydrogen (secondary N) is 1. The van der Waals surface area contributed by atoms with E-state index in [-0.39, 0.29) is 12.3 Å². The number of rotatable bonds is 5. The summed E-state index contributed by atoms with van der Waals surface area (Å²) >= 11 is 2.18. The van der Waals surface area contributed by atoms with Crippen molar-refractivity contribution in [3.05, 3.63) is 81.4 Å². The van der Waals surface area contributed by atoms with Crippen LogP contribution in [0.1, 0.15) is 15.9 Å². The first-order valence-electron chi connectivity index (χ1n) is 7.80. The molecule has 5 heteroatoms. The molecule has 3 rings (SSSR count). The van der Waals surface area contributed by atoms with Crippen LogP contribution < -0.4 is 5.32 Å². The van der Waals surface area contributed by atoms with Crippen molar-refractivity contribution in [3.63, 3.8) is 0 Å². The van der Waals surface area contributed by atoms with Crippen molar-refractivity contribution < 1.29 is 14.7 Å². The highest BCUT2D eigenvalue weighted by molar-refractivity contribution is 14.1. The van der Waals surface area contributed by atoms with Crippen molar-refractivity contribution in [2.75, 3.05) is 0 Å². The van der Waals surface area contributed by atoms with Crippen molar-refractivity contribution in [3.8, 4) is 0 Å². The molecule has 2 N–H and O–H groups in total. The number of carbonyl (C=O) groups excluding carboxylic acids is 1. The van der Waals surface area contributed by atoms with Gasteiger partial charge in [0, 0.05) is 15.6 Å². The Morgan fingerprint density at radius 3 is 2.44 bits per heavy atom. The van der Waals surface area contributed by atoms with E-state index in [1.165, 1.54) is 0 Å². The molecule has 3 aromatic rings. The maximum Gasteiger partial charge on any atom is 0.326 e. The minimum atomic E-state index is -1.05. The Bertz CT molecular complexity index is 939. The van der Waals surface area contributed by atoms with Gasteiger partial charge in [0.2, 0.25) is 0 Å². The van der Waals surface area contributed by atoms with Gasteiger partial charge in [-0.15, -0.1) is 0 Å². The Morgan fingerprint density at radius 1 is 0.960 bits per heavy atom. The highest BCUT2D eigenvalue weighted by atomic mass is 127. The standard InChI is InChI=1S/C20H16INO3/c21-17-7-3-4-13(10-17)11-18(20(24)25)22-19(23)16-9-8-14-5-1-2-6-15(14)12-16/h1-10,12,18H,11H2,(H,22,23)(H,24,25)/t18-/m0/s1. The monoisotopic (exact) mass is 445 g/mol. The third-order valence-corrected chi connectivity index (χ3v) is 4.61. The third-order valence-electron chi connectivity index (χ3n) is 3.94. The first kappa shape index (κ1) is 17.4. The Kier molecular flexibility index (Phi) is 5.33. The molecule has 0 aliphatic heterocycles. The Morgan fingerprint density at radius 2 is 1.72 bits per heavy atom. The molecule has 0 aromatic heterocycles. The number of carboxylic acid groups (broad SMARTS) is 1. The number of benzene rings is 3. The molecule has 0 aliphatic carbocycles. The molecule has 0 radical (unpaired) electrons. The fourth-order valence-corrected chi connectivity index (χ4v) is 3.28. The van der Waals surface area contributed by atoms with E-state index in [9.17, 15) is 14.7 Å². The average molecular weight is 445 g/mol. The van der Waals surface area contributed by atoms with E-state index in [1.54, 1.807) is 12.1 Å². The topological polar surface area (TPSA) is 66.4 Å². The number of carbonyl (C=O) groups is 2. The van der Waals surface area contributed by atoms with Crippen molar-refractivity contribution in [1.29, 1.82) is 0 Å². The van der Waals surface area contributed by atoms with E-state index >= 15 is 0 Å². The summed E-state index contributed by atoms with van der Waals surface area (Å²) in [7, 11) is 0. The highest BCUT2D eigenvalue weighted by Gasteiger charge is 2.21. The summed E-state index contributed by atoms with van der Waals surface area (Å²) in [5, 5.41) is 14.1. The lowest BCUT2D eigenvalue weighted by molar-refractivity contribution is -0.139. The number of hydrogen-bond donors (Lipinski definition) is 2. The molecular formula is C20H16INO3. The van der Waals surface area contributed by atoms with Gasteiger partial charge in [0.15, 0.2) is 0 Å². The van der Waals surface area contributed by atoms with Crippen molar-refractivity contribution in [1.82, 2.24) is 5.32 Å². The van der Waals surface area contributed by atoms with Gasteiger partial charge in [0.05, 0.1) is 0 Å². The smallest absolute Gasteiger partial charge is 0.326 e. The average Bonchev–Trinajstić information content (AvgIpc) is 2.60. The normalized spacial score (nSPS) is 11.9. The minimum Gasteiger partial charge on any atom is -0.480 e. The molecule has 0 unspecified atom stereocenters. The second kappa shape index (κ2) is 7.65. The number of halogens is 1. The predicted molar refractivity (Wildman–Crippen MR) is 106 cm³/mol. The fraction of sp³-hybridized carbons (Fsp3) is 0.100. The third kappa shape index (κ3) is 4.36. The number of hydrogen-bond acceptors (Lipinski definition) is 2. The summed E-state index contributed by atoms with van der Waals surface area (Å²) in [6.07, 6.45) is 0.242. The summed E-state index contributed by atoms with van der Waals surface area (Å²) in [5.41, 5.74) is 1.32. The predicted octanol–water partition coefficient (Wildman–Crippen LogP) is 3.87.